The fraction of sp³-hybridized carbons (Fsp3) is 0.667. The largest absolute Gasteiger partial charge is 0.492 e. The molecule has 10 heteroatoms. The van der Waals surface area contributed by atoms with Gasteiger partial charge < -0.3 is 14.9 Å². The molecule has 2 amide bonds. The van der Waals surface area contributed by atoms with Crippen LogP contribution in [0.3, 0.4) is 0 Å². The molecule has 1 aromatic rings. The lowest BCUT2D eigenvalue weighted by molar-refractivity contribution is -0.205. The topological polar surface area (TPSA) is 86.6 Å². The highest BCUT2D eigenvalue weighted by molar-refractivity contribution is 5.92. The van der Waals surface area contributed by atoms with Crippen LogP contribution >= 0.6 is 0 Å². The van der Waals surface area contributed by atoms with E-state index in [9.17, 15) is 27.9 Å². The maximum atomic E-state index is 13.2. The molecule has 3 heterocycles. The number of likely N-dealkylation sites (tertiary alicyclic amines) is 2. The molecule has 0 aromatic carbocycles. The van der Waals surface area contributed by atoms with Gasteiger partial charge in [-0.05, 0) is 18.8 Å². The fourth-order valence-electron chi connectivity index (χ4n) is 4.61. The molecule has 152 valence electrons. The number of rotatable bonds is 3. The van der Waals surface area contributed by atoms with Gasteiger partial charge in [-0.1, -0.05) is 13.3 Å². The summed E-state index contributed by atoms with van der Waals surface area (Å²) >= 11 is 0. The highest BCUT2D eigenvalue weighted by Gasteiger charge is 2.71. The van der Waals surface area contributed by atoms with Crippen LogP contribution in [-0.2, 0) is 4.79 Å². The molecule has 4 rings (SSSR count). The van der Waals surface area contributed by atoms with Gasteiger partial charge in [-0.2, -0.15) is 13.2 Å². The molecule has 3 fully saturated rings. The molecule has 2 saturated heterocycles. The zero-order valence-corrected chi connectivity index (χ0v) is 15.4. The van der Waals surface area contributed by atoms with Gasteiger partial charge in [-0.3, -0.25) is 9.59 Å². The van der Waals surface area contributed by atoms with Gasteiger partial charge in [0.25, 0.3) is 5.91 Å². The predicted molar refractivity (Wildman–Crippen MR) is 90.1 cm³/mol. The molecule has 7 nitrogen and oxygen atoms in total. The second-order valence-electron chi connectivity index (χ2n) is 8.15. The highest BCUT2D eigenvalue weighted by atomic mass is 19.4. The Morgan fingerprint density at radius 2 is 1.82 bits per heavy atom. The van der Waals surface area contributed by atoms with Crippen LogP contribution in [0.15, 0.2) is 12.4 Å². The lowest BCUT2D eigenvalue weighted by atomic mass is 9.70. The second-order valence-corrected chi connectivity index (χ2v) is 8.15. The molecule has 1 N–H and O–H groups in total. The molecule has 0 radical (unpaired) electrons. The van der Waals surface area contributed by atoms with Crippen LogP contribution < -0.4 is 0 Å². The SMILES string of the molecule is CCC1CN(C(=O)c2cnc(O)cn2)CC12CN(C(=O)C1(C(F)(F)F)CC1)C2. The smallest absolute Gasteiger partial charge is 0.403 e. The first kappa shape index (κ1) is 18.9. The molecule has 1 aromatic heterocycles. The number of amides is 2. The van der Waals surface area contributed by atoms with Crippen LogP contribution in [0.4, 0.5) is 13.2 Å². The minimum Gasteiger partial charge on any atom is -0.492 e. The van der Waals surface area contributed by atoms with E-state index in [0.29, 0.717) is 13.1 Å². The minimum absolute atomic E-state index is 0.103. The summed E-state index contributed by atoms with van der Waals surface area (Å²) in [5, 5.41) is 9.21. The van der Waals surface area contributed by atoms with Crippen molar-refractivity contribution in [2.24, 2.45) is 16.7 Å². The van der Waals surface area contributed by atoms with Gasteiger partial charge in [-0.15, -0.1) is 0 Å². The number of hydrogen-bond donors (Lipinski definition) is 1. The maximum Gasteiger partial charge on any atom is 0.403 e. The molecule has 1 unspecified atom stereocenters. The number of hydrogen-bond acceptors (Lipinski definition) is 5. The molecule has 1 aliphatic carbocycles. The molecule has 3 aliphatic rings. The van der Waals surface area contributed by atoms with Crippen molar-refractivity contribution in [3.05, 3.63) is 18.1 Å². The molecule has 0 bridgehead atoms. The highest BCUT2D eigenvalue weighted by Crippen LogP contribution is 2.60. The summed E-state index contributed by atoms with van der Waals surface area (Å²) in [6.07, 6.45) is -1.74. The number of alkyl halides is 3. The monoisotopic (exact) mass is 398 g/mol. The quantitative estimate of drug-likeness (QED) is 0.840. The lowest BCUT2D eigenvalue weighted by Gasteiger charge is -2.52. The van der Waals surface area contributed by atoms with E-state index in [1.54, 1.807) is 4.90 Å². The van der Waals surface area contributed by atoms with Crippen molar-refractivity contribution in [2.45, 2.75) is 32.4 Å². The van der Waals surface area contributed by atoms with Crippen LogP contribution in [0.5, 0.6) is 5.88 Å². The lowest BCUT2D eigenvalue weighted by Crippen LogP contribution is -2.64. The van der Waals surface area contributed by atoms with E-state index in [4.69, 9.17) is 0 Å². The third-order valence-corrected chi connectivity index (χ3v) is 6.45. The van der Waals surface area contributed by atoms with Gasteiger partial charge in [0.2, 0.25) is 11.8 Å². The summed E-state index contributed by atoms with van der Waals surface area (Å²) in [7, 11) is 0. The van der Waals surface area contributed by atoms with E-state index in [-0.39, 0.29) is 54.7 Å². The maximum absolute atomic E-state index is 13.2. The Bertz CT molecular complexity index is 801. The normalized spacial score (nSPS) is 24.9. The summed E-state index contributed by atoms with van der Waals surface area (Å²) in [5.41, 5.74) is -2.45. The Labute approximate surface area is 159 Å². The van der Waals surface area contributed by atoms with Crippen molar-refractivity contribution >= 4 is 11.8 Å². The van der Waals surface area contributed by atoms with Gasteiger partial charge in [0.1, 0.15) is 11.1 Å². The minimum atomic E-state index is -4.51. The van der Waals surface area contributed by atoms with Crippen molar-refractivity contribution in [1.82, 2.24) is 19.8 Å². The Morgan fingerprint density at radius 1 is 1.18 bits per heavy atom. The van der Waals surface area contributed by atoms with Crippen LogP contribution in [-0.4, -0.2) is 69.0 Å². The Hall–Kier alpha value is -2.39. The van der Waals surface area contributed by atoms with Gasteiger partial charge >= 0.3 is 6.18 Å². The van der Waals surface area contributed by atoms with Crippen molar-refractivity contribution in [1.29, 1.82) is 0 Å². The van der Waals surface area contributed by atoms with Crippen LogP contribution in [0, 0.1) is 16.7 Å². The number of aromatic nitrogens is 2. The summed E-state index contributed by atoms with van der Waals surface area (Å²) in [6.45, 7) is 3.30. The fourth-order valence-corrected chi connectivity index (χ4v) is 4.61. The van der Waals surface area contributed by atoms with E-state index in [0.717, 1.165) is 12.6 Å². The Morgan fingerprint density at radius 3 is 2.32 bits per heavy atom. The molecule has 28 heavy (non-hydrogen) atoms. The predicted octanol–water partition coefficient (Wildman–Crippen LogP) is 1.84. The molecular formula is C18H21F3N4O3. The summed E-state index contributed by atoms with van der Waals surface area (Å²) in [6, 6.07) is 0. The van der Waals surface area contributed by atoms with E-state index >= 15 is 0 Å². The van der Waals surface area contributed by atoms with E-state index in [1.165, 1.54) is 11.1 Å². The number of nitrogens with zero attached hydrogens (tertiary/aromatic N) is 4. The third-order valence-electron chi connectivity index (χ3n) is 6.45. The number of aromatic hydroxyl groups is 1. The average molecular weight is 398 g/mol. The molecule has 1 atom stereocenters. The standard InChI is InChI=1S/C18H21F3N4O3/c1-2-11-7-24(14(27)12-5-23-13(26)6-22-12)8-16(11)9-25(10-16)15(28)17(3-4-17)18(19,20)21/h5-6,11H,2-4,7-10H2,1H3,(H,23,26). The number of carbonyl (C=O) groups is 2. The van der Waals surface area contributed by atoms with E-state index < -0.39 is 17.5 Å². The zero-order valence-electron chi connectivity index (χ0n) is 15.4. The van der Waals surface area contributed by atoms with Gasteiger partial charge in [0, 0.05) is 31.6 Å². The number of halogens is 3. The van der Waals surface area contributed by atoms with Gasteiger partial charge in [0.15, 0.2) is 0 Å². The first-order valence-electron chi connectivity index (χ1n) is 9.28. The Kier molecular flexibility index (Phi) is 4.10. The number of carbonyl (C=O) groups excluding carboxylic acids is 2. The summed E-state index contributed by atoms with van der Waals surface area (Å²) in [5.74, 6) is -1.34. The van der Waals surface area contributed by atoms with Crippen molar-refractivity contribution in [3.8, 4) is 5.88 Å². The molecule has 1 saturated carbocycles. The van der Waals surface area contributed by atoms with E-state index in [2.05, 4.69) is 9.97 Å². The van der Waals surface area contributed by atoms with Gasteiger partial charge in [-0.25, -0.2) is 9.97 Å². The van der Waals surface area contributed by atoms with Crippen molar-refractivity contribution in [2.75, 3.05) is 26.2 Å². The molecule has 2 aliphatic heterocycles. The van der Waals surface area contributed by atoms with Crippen LogP contribution in [0.2, 0.25) is 0 Å². The third kappa shape index (κ3) is 2.72. The molecule has 1 spiro atoms. The summed E-state index contributed by atoms with van der Waals surface area (Å²) < 4.78 is 39.7. The zero-order chi connectivity index (χ0) is 20.3. The van der Waals surface area contributed by atoms with Crippen LogP contribution in [0.1, 0.15) is 36.7 Å². The van der Waals surface area contributed by atoms with Crippen molar-refractivity contribution in [3.63, 3.8) is 0 Å². The van der Waals surface area contributed by atoms with E-state index in [1.807, 2.05) is 6.92 Å². The first-order valence-corrected chi connectivity index (χ1v) is 9.28. The average Bonchev–Trinajstić information content (AvgIpc) is 3.35. The second kappa shape index (κ2) is 6.05. The molecular weight excluding hydrogens is 377 g/mol. The van der Waals surface area contributed by atoms with Crippen LogP contribution in [0.25, 0.3) is 0 Å². The van der Waals surface area contributed by atoms with Gasteiger partial charge in [0.05, 0.1) is 12.4 Å². The van der Waals surface area contributed by atoms with Crippen molar-refractivity contribution < 1.29 is 27.9 Å². The first-order chi connectivity index (χ1) is 13.1. The summed E-state index contributed by atoms with van der Waals surface area (Å²) in [4.78, 5) is 35.6. The Balaban J connectivity index is 1.45.